The fourth-order valence-corrected chi connectivity index (χ4v) is 3.44. The van der Waals surface area contributed by atoms with E-state index in [4.69, 9.17) is 24.2 Å². The lowest BCUT2D eigenvalue weighted by Gasteiger charge is -2.15. The van der Waals surface area contributed by atoms with Crippen LogP contribution in [0.5, 0.6) is 17.4 Å². The van der Waals surface area contributed by atoms with E-state index < -0.39 is 0 Å². The molecule has 2 aromatic rings. The second kappa shape index (κ2) is 10.4. The van der Waals surface area contributed by atoms with E-state index in [1.54, 1.807) is 14.2 Å². The van der Waals surface area contributed by atoms with Crippen LogP contribution >= 0.6 is 0 Å². The highest BCUT2D eigenvalue weighted by Gasteiger charge is 2.28. The third-order valence-corrected chi connectivity index (χ3v) is 5.27. The summed E-state index contributed by atoms with van der Waals surface area (Å²) in [5, 5.41) is 3.22. The van der Waals surface area contributed by atoms with Crippen molar-refractivity contribution in [2.45, 2.75) is 51.4 Å². The van der Waals surface area contributed by atoms with Gasteiger partial charge in [-0.25, -0.2) is 4.98 Å². The molecule has 0 unspecified atom stereocenters. The fourth-order valence-electron chi connectivity index (χ4n) is 3.44. The maximum atomic E-state index is 6.18. The first-order chi connectivity index (χ1) is 14.2. The van der Waals surface area contributed by atoms with Crippen LogP contribution in [0.4, 0.5) is 0 Å². The summed E-state index contributed by atoms with van der Waals surface area (Å²) in [7, 11) is 5.28. The lowest BCUT2D eigenvalue weighted by atomic mass is 10.1. The molecule has 6 heteroatoms. The van der Waals surface area contributed by atoms with E-state index in [1.165, 1.54) is 18.4 Å². The first-order valence-electron chi connectivity index (χ1n) is 10.6. The van der Waals surface area contributed by atoms with Crippen LogP contribution in [-0.4, -0.2) is 44.4 Å². The number of hydrogen-bond acceptors (Lipinski definition) is 6. The first kappa shape index (κ1) is 21.4. The average molecular weight is 400 g/mol. The van der Waals surface area contributed by atoms with Gasteiger partial charge in [0, 0.05) is 11.5 Å². The van der Waals surface area contributed by atoms with E-state index >= 15 is 0 Å². The predicted molar refractivity (Wildman–Crippen MR) is 114 cm³/mol. The molecular weight excluding hydrogens is 366 g/mol. The van der Waals surface area contributed by atoms with E-state index in [0.29, 0.717) is 12.5 Å². The summed E-state index contributed by atoms with van der Waals surface area (Å²) in [6.07, 6.45) is 5.99. The van der Waals surface area contributed by atoms with Crippen LogP contribution in [0.2, 0.25) is 0 Å². The van der Waals surface area contributed by atoms with Crippen molar-refractivity contribution in [1.29, 1.82) is 0 Å². The minimum absolute atomic E-state index is 0.521. The number of likely N-dealkylation sites (N-methyl/N-ethyl adjacent to an activating group) is 1. The Hall–Kier alpha value is -2.34. The Bertz CT molecular complexity index is 806. The molecule has 0 amide bonds. The Morgan fingerprint density at radius 3 is 2.52 bits per heavy atom. The molecule has 3 rings (SSSR count). The third-order valence-electron chi connectivity index (χ3n) is 5.27. The maximum absolute atomic E-state index is 6.18. The van der Waals surface area contributed by atoms with Crippen molar-refractivity contribution in [3.63, 3.8) is 0 Å². The summed E-state index contributed by atoms with van der Waals surface area (Å²) < 4.78 is 16.9. The normalized spacial score (nSPS) is 13.4. The summed E-state index contributed by atoms with van der Waals surface area (Å²) in [5.74, 6) is 3.78. The molecule has 0 radical (unpaired) electrons. The van der Waals surface area contributed by atoms with Gasteiger partial charge in [-0.15, -0.1) is 0 Å². The second-order valence-electron chi connectivity index (χ2n) is 7.43. The number of rotatable bonds is 12. The highest BCUT2D eigenvalue weighted by molar-refractivity contribution is 5.43. The molecule has 0 bridgehead atoms. The van der Waals surface area contributed by atoms with E-state index in [1.807, 2.05) is 19.2 Å². The lowest BCUT2D eigenvalue weighted by molar-refractivity contribution is 0.293. The molecule has 6 nitrogen and oxygen atoms in total. The Labute approximate surface area is 174 Å². The van der Waals surface area contributed by atoms with E-state index in [-0.39, 0.29) is 0 Å². The largest absolute Gasteiger partial charge is 0.493 e. The van der Waals surface area contributed by atoms with Crippen molar-refractivity contribution in [1.82, 2.24) is 15.3 Å². The number of ether oxygens (including phenoxy) is 3. The van der Waals surface area contributed by atoms with Crippen molar-refractivity contribution in [3.8, 4) is 17.4 Å². The molecule has 1 aromatic carbocycles. The smallest absolute Gasteiger partial charge is 0.220 e. The quantitative estimate of drug-likeness (QED) is 0.549. The molecule has 0 atom stereocenters. The zero-order chi connectivity index (χ0) is 20.6. The molecule has 1 fully saturated rings. The van der Waals surface area contributed by atoms with Crippen LogP contribution in [-0.2, 0) is 19.3 Å². The van der Waals surface area contributed by atoms with Crippen LogP contribution in [0.15, 0.2) is 18.2 Å². The van der Waals surface area contributed by atoms with E-state index in [2.05, 4.69) is 18.3 Å². The van der Waals surface area contributed by atoms with Gasteiger partial charge in [-0.1, -0.05) is 13.0 Å². The Kier molecular flexibility index (Phi) is 7.69. The molecule has 0 aliphatic heterocycles. The summed E-state index contributed by atoms with van der Waals surface area (Å²) >= 11 is 0. The Balaban J connectivity index is 1.65. The van der Waals surface area contributed by atoms with Gasteiger partial charge in [-0.3, -0.25) is 0 Å². The van der Waals surface area contributed by atoms with Gasteiger partial charge in [-0.2, -0.15) is 4.98 Å². The number of methoxy groups -OCH3 is 2. The van der Waals surface area contributed by atoms with Gasteiger partial charge >= 0.3 is 0 Å². The molecule has 1 N–H and O–H groups in total. The molecule has 29 heavy (non-hydrogen) atoms. The van der Waals surface area contributed by atoms with Gasteiger partial charge in [0.1, 0.15) is 5.82 Å². The predicted octanol–water partition coefficient (Wildman–Crippen LogP) is 3.71. The van der Waals surface area contributed by atoms with Crippen LogP contribution in [0, 0.1) is 0 Å². The van der Waals surface area contributed by atoms with Crippen molar-refractivity contribution < 1.29 is 14.2 Å². The monoisotopic (exact) mass is 399 g/mol. The van der Waals surface area contributed by atoms with Gasteiger partial charge in [0.15, 0.2) is 11.5 Å². The molecular formula is C23H33N3O3. The number of benzene rings is 1. The third kappa shape index (κ3) is 5.60. The van der Waals surface area contributed by atoms with Gasteiger partial charge < -0.3 is 19.5 Å². The zero-order valence-electron chi connectivity index (χ0n) is 18.1. The number of nitrogens with zero attached hydrogens (tertiary/aromatic N) is 2. The summed E-state index contributed by atoms with van der Waals surface area (Å²) in [5.41, 5.74) is 3.49. The fraction of sp³-hybridized carbons (Fsp3) is 0.565. The van der Waals surface area contributed by atoms with Crippen molar-refractivity contribution in [2.75, 3.05) is 34.4 Å². The molecule has 0 saturated heterocycles. The minimum Gasteiger partial charge on any atom is -0.493 e. The summed E-state index contributed by atoms with van der Waals surface area (Å²) in [4.78, 5) is 9.63. The Morgan fingerprint density at radius 2 is 1.86 bits per heavy atom. The van der Waals surface area contributed by atoms with Gasteiger partial charge in [0.25, 0.3) is 0 Å². The molecule has 1 aromatic heterocycles. The zero-order valence-corrected chi connectivity index (χ0v) is 18.1. The molecule has 158 valence electrons. The Morgan fingerprint density at radius 1 is 1.07 bits per heavy atom. The highest BCUT2D eigenvalue weighted by Crippen LogP contribution is 2.39. The minimum atomic E-state index is 0.521. The van der Waals surface area contributed by atoms with Gasteiger partial charge in [0.05, 0.1) is 26.5 Å². The topological polar surface area (TPSA) is 65.5 Å². The van der Waals surface area contributed by atoms with Crippen LogP contribution in [0.25, 0.3) is 0 Å². The maximum Gasteiger partial charge on any atom is 0.220 e. The lowest BCUT2D eigenvalue weighted by Crippen LogP contribution is -2.16. The second-order valence-corrected chi connectivity index (χ2v) is 7.43. The van der Waals surface area contributed by atoms with Crippen LogP contribution < -0.4 is 19.5 Å². The van der Waals surface area contributed by atoms with Crippen molar-refractivity contribution >= 4 is 0 Å². The molecule has 1 heterocycles. The molecule has 0 spiro atoms. The SMILES string of the molecule is CCc1nc(C2CC2)nc(OCCCc2ccc(OC)c(OC)c2)c1CCNC. The van der Waals surface area contributed by atoms with Crippen molar-refractivity contribution in [3.05, 3.63) is 40.8 Å². The van der Waals surface area contributed by atoms with Crippen molar-refractivity contribution in [2.24, 2.45) is 0 Å². The number of aromatic nitrogens is 2. The van der Waals surface area contributed by atoms with E-state index in [9.17, 15) is 0 Å². The average Bonchev–Trinajstić information content (AvgIpc) is 3.60. The summed E-state index contributed by atoms with van der Waals surface area (Å²) in [6.45, 7) is 3.68. The molecule has 1 aliphatic rings. The first-order valence-corrected chi connectivity index (χ1v) is 10.6. The van der Waals surface area contributed by atoms with E-state index in [0.717, 1.165) is 66.7 Å². The van der Waals surface area contributed by atoms with Crippen LogP contribution in [0.1, 0.15) is 54.7 Å². The molecule has 1 aliphatic carbocycles. The van der Waals surface area contributed by atoms with Gasteiger partial charge in [-0.05, 0) is 69.8 Å². The summed E-state index contributed by atoms with van der Waals surface area (Å²) in [6, 6.07) is 6.05. The van der Waals surface area contributed by atoms with Crippen LogP contribution in [0.3, 0.4) is 0 Å². The standard InChI is InChI=1S/C23H33N3O3/c1-5-19-18(12-13-24-2)23(26-22(25-19)17-9-10-17)29-14-6-7-16-8-11-20(27-3)21(15-16)28-4/h8,11,15,17,24H,5-7,9-10,12-14H2,1-4H3. The number of aryl methyl sites for hydroxylation is 2. The number of hydrogen-bond donors (Lipinski definition) is 1. The highest BCUT2D eigenvalue weighted by atomic mass is 16.5. The van der Waals surface area contributed by atoms with Gasteiger partial charge in [0.2, 0.25) is 5.88 Å². The number of nitrogens with one attached hydrogen (secondary N) is 1. The molecule has 1 saturated carbocycles.